The van der Waals surface area contributed by atoms with Gasteiger partial charge < -0.3 is 98.4 Å². The molecule has 0 saturated heterocycles. The topological polar surface area (TPSA) is 501 Å². The van der Waals surface area contributed by atoms with Gasteiger partial charge in [0.05, 0.1) is 58.9 Å². The molecule has 0 radical (unpaired) electrons. The molecule has 0 heterocycles. The van der Waals surface area contributed by atoms with E-state index in [1.807, 2.05) is 0 Å². The van der Waals surface area contributed by atoms with Gasteiger partial charge in [-0.15, -0.1) is 0 Å². The number of likely N-dealkylation sites (N-methyl/N-ethyl adjacent to an activating group) is 1. The van der Waals surface area contributed by atoms with Crippen molar-refractivity contribution in [2.45, 2.75) is 0 Å². The van der Waals surface area contributed by atoms with E-state index in [9.17, 15) is 86.9 Å². The number of nitrogens with two attached hydrogens (primary N) is 1. The number of rotatable bonds is 34. The lowest BCUT2D eigenvalue weighted by Crippen LogP contribution is -2.50. The second-order valence-corrected chi connectivity index (χ2v) is 13.5. The third-order valence-electron chi connectivity index (χ3n) is 7.95. The van der Waals surface area contributed by atoms with Crippen molar-refractivity contribution >= 4 is 95.1 Å². The van der Waals surface area contributed by atoms with E-state index in [-0.39, 0.29) is 19.6 Å². The standard InChI is InChI=1S/C35H54N14O19.CH4O/c1-37-7-22(52)43-11-30(60)49(20-35(67)68)17-28(58)41-9-24(54)45-13-32(62)48(19-34(65)66)16-26(56)39-3-2-38-25(55)15-47(18-33(63)64)31(61)12-44-23(53)8-40-27(57)14-46(4-5-50)29(59)10-42-21(51)6-36;1-2/h5,37H,2-4,6-20,36H2,1H3,(H,38,55)(H,39,56)(H,40,57)(H,41,58)(H,42,51)(H,43,52)(H,44,53)(H,45,54)(H,63,64)(H,65,66)(H,67,68);2H,1H3. The minimum atomic E-state index is -1.55. The van der Waals surface area contributed by atoms with E-state index >= 15 is 0 Å². The van der Waals surface area contributed by atoms with Crippen LogP contribution in [0.15, 0.2) is 0 Å². The fourth-order valence-electron chi connectivity index (χ4n) is 4.77. The number of nitrogens with one attached hydrogen (secondary N) is 9. The van der Waals surface area contributed by atoms with Gasteiger partial charge in [-0.05, 0) is 7.05 Å². The smallest absolute Gasteiger partial charge is 0.323 e. The van der Waals surface area contributed by atoms with Crippen LogP contribution in [0.2, 0.25) is 0 Å². The number of carboxylic acid groups (broad SMARTS) is 3. The third kappa shape index (κ3) is 31.5. The summed E-state index contributed by atoms with van der Waals surface area (Å²) in [6.07, 6.45) is 0.313. The van der Waals surface area contributed by atoms with Gasteiger partial charge in [0.15, 0.2) is 0 Å². The first kappa shape index (κ1) is 63.7. The lowest BCUT2D eigenvalue weighted by atomic mass is 10.3. The molecule has 12 amide bonds. The normalized spacial score (nSPS) is 9.89. The molecule has 0 aromatic rings. The van der Waals surface area contributed by atoms with Gasteiger partial charge in [-0.25, -0.2) is 0 Å². The Kier molecular flexibility index (Phi) is 33.4. The van der Waals surface area contributed by atoms with Gasteiger partial charge in [0.25, 0.3) is 0 Å². The monoisotopic (exact) mass is 1010 g/mol. The van der Waals surface area contributed by atoms with Gasteiger partial charge in [-0.1, -0.05) is 0 Å². The molecule has 0 aliphatic rings. The van der Waals surface area contributed by atoms with Crippen LogP contribution in [0.1, 0.15) is 0 Å². The van der Waals surface area contributed by atoms with E-state index in [1.165, 1.54) is 7.05 Å². The van der Waals surface area contributed by atoms with E-state index < -0.39 is 187 Å². The van der Waals surface area contributed by atoms with Crippen LogP contribution in [0.4, 0.5) is 0 Å². The lowest BCUT2D eigenvalue weighted by Gasteiger charge is -2.21. The van der Waals surface area contributed by atoms with Crippen LogP contribution in [0.5, 0.6) is 0 Å². The number of nitrogens with zero attached hydrogens (tertiary/aromatic N) is 4. The number of hydrogen-bond acceptors (Lipinski definition) is 19. The van der Waals surface area contributed by atoms with Gasteiger partial charge in [-0.2, -0.15) is 0 Å². The van der Waals surface area contributed by atoms with Crippen LogP contribution in [0, 0.1) is 0 Å². The molecule has 0 spiro atoms. The summed E-state index contributed by atoms with van der Waals surface area (Å²) < 4.78 is 0. The Bertz CT molecular complexity index is 1900. The summed E-state index contributed by atoms with van der Waals surface area (Å²) in [6, 6.07) is 0. The largest absolute Gasteiger partial charge is 0.480 e. The maximum atomic E-state index is 12.7. The zero-order chi connectivity index (χ0) is 53.8. The molecule has 0 rings (SSSR count). The van der Waals surface area contributed by atoms with E-state index in [2.05, 4.69) is 47.9 Å². The summed E-state index contributed by atoms with van der Waals surface area (Å²) in [5.74, 6) is -15.4. The number of carboxylic acids is 3. The highest BCUT2D eigenvalue weighted by Gasteiger charge is 2.24. The van der Waals surface area contributed by atoms with E-state index in [1.54, 1.807) is 0 Å². The maximum absolute atomic E-state index is 12.7. The fraction of sp³-hybridized carbons (Fsp3) is 0.556. The minimum absolute atomic E-state index is 0.145. The van der Waals surface area contributed by atoms with Gasteiger partial charge in [0.1, 0.15) is 52.1 Å². The highest BCUT2D eigenvalue weighted by Crippen LogP contribution is 1.94. The molecule has 0 unspecified atom stereocenters. The van der Waals surface area contributed by atoms with Crippen LogP contribution < -0.4 is 53.6 Å². The Balaban J connectivity index is 0. The van der Waals surface area contributed by atoms with Gasteiger partial charge in [0, 0.05) is 20.2 Å². The number of aldehydes is 1. The van der Waals surface area contributed by atoms with Crippen LogP contribution >= 0.6 is 0 Å². The molecular formula is C36H58N14O20. The Hall–Kier alpha value is -8.40. The summed E-state index contributed by atoms with van der Waals surface area (Å²) in [5, 5.41) is 54.4. The Morgan fingerprint density at radius 1 is 0.386 bits per heavy atom. The molecule has 0 bridgehead atoms. The highest BCUT2D eigenvalue weighted by atomic mass is 16.4. The maximum Gasteiger partial charge on any atom is 0.323 e. The zero-order valence-corrected chi connectivity index (χ0v) is 38.0. The second-order valence-electron chi connectivity index (χ2n) is 13.5. The van der Waals surface area contributed by atoms with Gasteiger partial charge >= 0.3 is 17.9 Å². The number of aliphatic hydroxyl groups is 1. The third-order valence-corrected chi connectivity index (χ3v) is 7.95. The number of aliphatic carboxylic acids is 3. The van der Waals surface area contributed by atoms with E-state index in [0.717, 1.165) is 12.0 Å². The minimum Gasteiger partial charge on any atom is -0.480 e. The van der Waals surface area contributed by atoms with Crippen LogP contribution in [0.3, 0.4) is 0 Å². The van der Waals surface area contributed by atoms with Crippen LogP contribution in [-0.2, 0) is 76.7 Å². The van der Waals surface area contributed by atoms with Gasteiger partial charge in [-0.3, -0.25) is 71.9 Å². The Morgan fingerprint density at radius 3 is 0.957 bits per heavy atom. The summed E-state index contributed by atoms with van der Waals surface area (Å²) in [5.41, 5.74) is 5.12. The molecule has 0 aromatic carbocycles. The average Bonchev–Trinajstić information content (AvgIpc) is 3.30. The summed E-state index contributed by atoms with van der Waals surface area (Å²) in [6.45, 7) is -12.4. The van der Waals surface area contributed by atoms with E-state index in [0.29, 0.717) is 21.0 Å². The molecule has 0 saturated carbocycles. The molecule has 0 fully saturated rings. The first-order chi connectivity index (χ1) is 33.0. The van der Waals surface area contributed by atoms with Crippen molar-refractivity contribution in [1.82, 2.24) is 67.5 Å². The molecular weight excluding hydrogens is 948 g/mol. The quantitative estimate of drug-likeness (QED) is 0.0210. The molecule has 0 aliphatic heterocycles. The second kappa shape index (κ2) is 36.7. The molecule has 15 N–H and O–H groups in total. The molecule has 0 aliphatic carbocycles. The molecule has 0 aromatic heterocycles. The first-order valence-corrected chi connectivity index (χ1v) is 20.1. The first-order valence-electron chi connectivity index (χ1n) is 20.1. The summed E-state index contributed by atoms with van der Waals surface area (Å²) in [4.78, 5) is 194. The predicted molar refractivity (Wildman–Crippen MR) is 230 cm³/mol. The molecule has 0 atom stereocenters. The molecule has 392 valence electrons. The number of aliphatic hydroxyl groups excluding tert-OH is 1. The van der Waals surface area contributed by atoms with Gasteiger partial charge in [0.2, 0.25) is 70.9 Å². The van der Waals surface area contributed by atoms with Crippen molar-refractivity contribution in [1.29, 1.82) is 0 Å². The number of carbonyl (C=O) groups excluding carboxylic acids is 13. The number of carbonyl (C=O) groups is 16. The molecule has 34 heteroatoms. The average molecular weight is 1010 g/mol. The van der Waals surface area contributed by atoms with Crippen LogP contribution in [0.25, 0.3) is 0 Å². The lowest BCUT2D eigenvalue weighted by molar-refractivity contribution is -0.146. The van der Waals surface area contributed by atoms with Crippen LogP contribution in [-0.4, -0.2) is 267 Å². The molecule has 34 nitrogen and oxygen atoms in total. The fourth-order valence-corrected chi connectivity index (χ4v) is 4.77. The highest BCUT2D eigenvalue weighted by molar-refractivity contribution is 5.95. The zero-order valence-electron chi connectivity index (χ0n) is 38.0. The van der Waals surface area contributed by atoms with Crippen molar-refractivity contribution in [3.8, 4) is 0 Å². The summed E-state index contributed by atoms with van der Waals surface area (Å²) >= 11 is 0. The van der Waals surface area contributed by atoms with Crippen molar-refractivity contribution in [2.24, 2.45) is 5.73 Å². The Morgan fingerprint density at radius 2 is 0.657 bits per heavy atom. The number of amides is 12. The SMILES string of the molecule is CNCC(=O)NCC(=O)N(CC(=O)O)CC(=O)NCC(=O)NCC(=O)N(CC(=O)O)CC(=O)NCCNC(=O)CN(CC(=O)O)C(=O)CNC(=O)CNC(=O)CN(CC=O)C(=O)CNC(=O)CN.CO. The van der Waals surface area contributed by atoms with Crippen molar-refractivity contribution in [3.05, 3.63) is 0 Å². The van der Waals surface area contributed by atoms with Crippen molar-refractivity contribution in [3.63, 3.8) is 0 Å². The van der Waals surface area contributed by atoms with Crippen molar-refractivity contribution < 1.29 is 97.1 Å². The Labute approximate surface area is 397 Å². The number of hydrogen-bond donors (Lipinski definition) is 14. The predicted octanol–water partition coefficient (Wildman–Crippen LogP) is -12.5. The molecule has 70 heavy (non-hydrogen) atoms. The van der Waals surface area contributed by atoms with E-state index in [4.69, 9.17) is 15.9 Å². The van der Waals surface area contributed by atoms with Crippen molar-refractivity contribution in [2.75, 3.05) is 132 Å². The summed E-state index contributed by atoms with van der Waals surface area (Å²) in [7, 11) is 2.47.